The molecule has 0 bridgehead atoms. The summed E-state index contributed by atoms with van der Waals surface area (Å²) < 4.78 is 11.0. The Balaban J connectivity index is 1.09. The molecule has 8 nitrogen and oxygen atoms in total. The van der Waals surface area contributed by atoms with Gasteiger partial charge >= 0.3 is 0 Å². The number of carbonyl (C=O) groups excluding carboxylic acids is 2. The van der Waals surface area contributed by atoms with Crippen molar-refractivity contribution in [1.82, 2.24) is 10.2 Å². The molecule has 0 saturated carbocycles. The molecular weight excluding hydrogens is 571 g/mol. The molecule has 4 aromatic rings. The van der Waals surface area contributed by atoms with Crippen LogP contribution in [0.1, 0.15) is 16.3 Å². The van der Waals surface area contributed by atoms with Crippen molar-refractivity contribution in [3.05, 3.63) is 101 Å². The van der Waals surface area contributed by atoms with Gasteiger partial charge in [-0.1, -0.05) is 29.3 Å². The molecule has 1 fully saturated rings. The van der Waals surface area contributed by atoms with Gasteiger partial charge in [-0.15, -0.1) is 0 Å². The largest absolute Gasteiger partial charge is 0.459 e. The zero-order valence-corrected chi connectivity index (χ0v) is 23.4. The van der Waals surface area contributed by atoms with E-state index in [4.69, 9.17) is 44.3 Å². The summed E-state index contributed by atoms with van der Waals surface area (Å²) in [5.74, 6) is 0.872. The number of rotatable bonds is 6. The summed E-state index contributed by atoms with van der Waals surface area (Å²) in [5, 5.41) is 6.62. The number of anilines is 2. The number of nitrogens with one attached hydrogen (secondary N) is 2. The molecule has 40 heavy (non-hydrogen) atoms. The Morgan fingerprint density at radius 2 is 1.70 bits per heavy atom. The van der Waals surface area contributed by atoms with Gasteiger partial charge in [-0.25, -0.2) is 0 Å². The Labute approximate surface area is 246 Å². The van der Waals surface area contributed by atoms with E-state index in [1.807, 2.05) is 24.3 Å². The summed E-state index contributed by atoms with van der Waals surface area (Å²) in [6, 6.07) is 19.9. The molecule has 0 atom stereocenters. The molecule has 2 aromatic heterocycles. The Morgan fingerprint density at radius 3 is 2.42 bits per heavy atom. The molecule has 204 valence electrons. The first-order valence-electron chi connectivity index (χ1n) is 12.4. The van der Waals surface area contributed by atoms with E-state index >= 15 is 0 Å². The molecule has 0 aliphatic carbocycles. The van der Waals surface area contributed by atoms with Crippen LogP contribution in [0, 0.1) is 0 Å². The van der Waals surface area contributed by atoms with E-state index in [1.54, 1.807) is 47.4 Å². The quantitative estimate of drug-likeness (QED) is 0.199. The van der Waals surface area contributed by atoms with E-state index in [1.165, 1.54) is 18.4 Å². The Morgan fingerprint density at radius 1 is 0.925 bits per heavy atom. The first-order valence-corrected chi connectivity index (χ1v) is 13.6. The summed E-state index contributed by atoms with van der Waals surface area (Å²) in [6.45, 7) is 2.64. The highest BCUT2D eigenvalue weighted by Gasteiger charge is 2.23. The van der Waals surface area contributed by atoms with Gasteiger partial charge in [-0.05, 0) is 79.0 Å². The van der Waals surface area contributed by atoms with Crippen LogP contribution in [0.3, 0.4) is 0 Å². The first kappa shape index (κ1) is 27.5. The summed E-state index contributed by atoms with van der Waals surface area (Å²) in [7, 11) is 0. The first-order chi connectivity index (χ1) is 19.4. The molecule has 2 N–H and O–H groups in total. The van der Waals surface area contributed by atoms with Crippen LogP contribution >= 0.6 is 35.4 Å². The van der Waals surface area contributed by atoms with Gasteiger partial charge in [-0.3, -0.25) is 14.9 Å². The number of amides is 2. The van der Waals surface area contributed by atoms with Crippen LogP contribution in [0.2, 0.25) is 10.0 Å². The summed E-state index contributed by atoms with van der Waals surface area (Å²) in [5.41, 5.74) is 2.43. The molecule has 2 amide bonds. The topological polar surface area (TPSA) is 91.0 Å². The van der Waals surface area contributed by atoms with Gasteiger partial charge in [0.25, 0.3) is 5.91 Å². The molecule has 0 unspecified atom stereocenters. The Kier molecular flexibility index (Phi) is 8.54. The van der Waals surface area contributed by atoms with Gasteiger partial charge in [0.15, 0.2) is 10.9 Å². The van der Waals surface area contributed by atoms with Crippen LogP contribution in [0.25, 0.3) is 17.4 Å². The lowest BCUT2D eigenvalue weighted by Crippen LogP contribution is -2.48. The molecule has 1 aliphatic rings. The second-order valence-electron chi connectivity index (χ2n) is 8.88. The molecule has 11 heteroatoms. The summed E-state index contributed by atoms with van der Waals surface area (Å²) in [4.78, 5) is 28.8. The minimum absolute atomic E-state index is 0.0917. The number of hydrogen-bond donors (Lipinski definition) is 2. The number of furan rings is 2. The number of thiocarbonyl (C=S) groups is 1. The van der Waals surface area contributed by atoms with Gasteiger partial charge in [0.1, 0.15) is 11.5 Å². The van der Waals surface area contributed by atoms with Gasteiger partial charge < -0.3 is 24.0 Å². The van der Waals surface area contributed by atoms with Crippen LogP contribution in [0.5, 0.6) is 0 Å². The van der Waals surface area contributed by atoms with Crippen molar-refractivity contribution in [3.63, 3.8) is 0 Å². The molecule has 3 heterocycles. The van der Waals surface area contributed by atoms with E-state index in [9.17, 15) is 9.59 Å². The van der Waals surface area contributed by atoms with Crippen molar-refractivity contribution in [2.45, 2.75) is 0 Å². The lowest BCUT2D eigenvalue weighted by atomic mass is 10.2. The Bertz CT molecular complexity index is 1540. The van der Waals surface area contributed by atoms with Gasteiger partial charge in [0.2, 0.25) is 5.91 Å². The second kappa shape index (κ2) is 12.4. The molecular formula is C29H24Cl2N4O4S. The third kappa shape index (κ3) is 6.56. The third-order valence-corrected chi connectivity index (χ3v) is 7.29. The Hall–Kier alpha value is -4.05. The van der Waals surface area contributed by atoms with Crippen molar-refractivity contribution < 1.29 is 18.4 Å². The second-order valence-corrected chi connectivity index (χ2v) is 10.1. The highest BCUT2D eigenvalue weighted by molar-refractivity contribution is 7.80. The van der Waals surface area contributed by atoms with Crippen molar-refractivity contribution in [2.24, 2.45) is 0 Å². The summed E-state index contributed by atoms with van der Waals surface area (Å²) in [6.07, 6.45) is 4.37. The molecule has 0 spiro atoms. The number of hydrogen-bond acceptors (Lipinski definition) is 6. The number of piperazine rings is 1. The smallest absolute Gasteiger partial charge is 0.289 e. The minimum Gasteiger partial charge on any atom is -0.459 e. The van der Waals surface area contributed by atoms with Gasteiger partial charge in [0.05, 0.1) is 16.3 Å². The van der Waals surface area contributed by atoms with Gasteiger partial charge in [-0.2, -0.15) is 0 Å². The van der Waals surface area contributed by atoms with Crippen LogP contribution in [-0.2, 0) is 4.79 Å². The molecule has 5 rings (SSSR count). The van der Waals surface area contributed by atoms with Crippen molar-refractivity contribution in [1.29, 1.82) is 0 Å². The van der Waals surface area contributed by atoms with Crippen molar-refractivity contribution >= 4 is 69.8 Å². The average molecular weight is 596 g/mol. The highest BCUT2D eigenvalue weighted by atomic mass is 35.5. The maximum absolute atomic E-state index is 12.5. The molecule has 1 aliphatic heterocycles. The average Bonchev–Trinajstić information content (AvgIpc) is 3.67. The predicted molar refractivity (Wildman–Crippen MR) is 161 cm³/mol. The van der Waals surface area contributed by atoms with Crippen molar-refractivity contribution in [2.75, 3.05) is 36.4 Å². The maximum atomic E-state index is 12.5. The standard InChI is InChI=1S/C29H24Cl2N4O4S/c30-23-4-1-3-22(27(23)31)24-12-10-21(39-24)11-13-26(36)33-29(40)32-19-6-8-20(9-7-19)34-14-16-35(17-15-34)28(37)25-5-2-18-38-25/h1-13,18H,14-17H2,(H2,32,33,36,40)/b13-11+. The highest BCUT2D eigenvalue weighted by Crippen LogP contribution is 2.34. The van der Waals surface area contributed by atoms with Crippen LogP contribution in [0.15, 0.2) is 87.9 Å². The van der Waals surface area contributed by atoms with Crippen LogP contribution in [0.4, 0.5) is 11.4 Å². The van der Waals surface area contributed by atoms with Crippen LogP contribution in [-0.4, -0.2) is 48.0 Å². The van der Waals surface area contributed by atoms with Gasteiger partial charge in [0, 0.05) is 49.2 Å². The van der Waals surface area contributed by atoms with E-state index in [-0.39, 0.29) is 11.0 Å². The number of benzene rings is 2. The fourth-order valence-electron chi connectivity index (χ4n) is 4.23. The maximum Gasteiger partial charge on any atom is 0.289 e. The van der Waals surface area contributed by atoms with E-state index in [0.29, 0.717) is 59.1 Å². The number of carbonyl (C=O) groups is 2. The normalized spacial score (nSPS) is 13.4. The van der Waals surface area contributed by atoms with E-state index in [2.05, 4.69) is 15.5 Å². The number of halogens is 2. The SMILES string of the molecule is O=C(/C=C/c1ccc(-c2cccc(Cl)c2Cl)o1)NC(=S)Nc1ccc(N2CCN(C(=O)c3ccco3)CC2)cc1. The molecule has 2 aromatic carbocycles. The zero-order valence-electron chi connectivity index (χ0n) is 21.1. The predicted octanol–water partition coefficient (Wildman–Crippen LogP) is 6.34. The van der Waals surface area contributed by atoms with E-state index < -0.39 is 5.91 Å². The van der Waals surface area contributed by atoms with E-state index in [0.717, 1.165) is 11.4 Å². The third-order valence-electron chi connectivity index (χ3n) is 6.27. The zero-order chi connectivity index (χ0) is 28.1. The number of nitrogens with zero attached hydrogens (tertiary/aromatic N) is 2. The lowest BCUT2D eigenvalue weighted by molar-refractivity contribution is -0.115. The minimum atomic E-state index is -0.408. The lowest BCUT2D eigenvalue weighted by Gasteiger charge is -2.35. The van der Waals surface area contributed by atoms with Crippen molar-refractivity contribution in [3.8, 4) is 11.3 Å². The fraction of sp³-hybridized carbons (Fsp3) is 0.138. The molecule has 0 radical (unpaired) electrons. The molecule has 1 saturated heterocycles. The summed E-state index contributed by atoms with van der Waals surface area (Å²) >= 11 is 17.6. The monoisotopic (exact) mass is 594 g/mol. The fourth-order valence-corrected chi connectivity index (χ4v) is 4.85. The van der Waals surface area contributed by atoms with Crippen LogP contribution < -0.4 is 15.5 Å².